The summed E-state index contributed by atoms with van der Waals surface area (Å²) in [6.07, 6.45) is 2.28. The van der Waals surface area contributed by atoms with Gasteiger partial charge >= 0.3 is 0 Å². The molecule has 0 aliphatic rings. The summed E-state index contributed by atoms with van der Waals surface area (Å²) in [5, 5.41) is 4.97. The lowest BCUT2D eigenvalue weighted by Gasteiger charge is -2.18. The highest BCUT2D eigenvalue weighted by Gasteiger charge is 2.14. The zero-order chi connectivity index (χ0) is 20.8. The van der Waals surface area contributed by atoms with Crippen LogP contribution in [0.15, 0.2) is 41.0 Å². The highest BCUT2D eigenvalue weighted by Crippen LogP contribution is 2.37. The summed E-state index contributed by atoms with van der Waals surface area (Å²) in [4.78, 5) is 15.1. The van der Waals surface area contributed by atoms with E-state index in [1.165, 1.54) is 0 Å². The van der Waals surface area contributed by atoms with Gasteiger partial charge in [-0.15, -0.1) is 0 Å². The second-order valence-electron chi connectivity index (χ2n) is 6.24. The van der Waals surface area contributed by atoms with Crippen molar-refractivity contribution in [3.63, 3.8) is 0 Å². The van der Waals surface area contributed by atoms with Crippen LogP contribution in [-0.4, -0.2) is 24.7 Å². The largest absolute Gasteiger partial charge is 0.493 e. The molecule has 8 heteroatoms. The van der Waals surface area contributed by atoms with E-state index in [1.807, 2.05) is 37.3 Å². The molecule has 0 aliphatic heterocycles. The first kappa shape index (κ1) is 21.4. The minimum atomic E-state index is 0.253. The number of benzene rings is 2. The fraction of sp³-hybridized carbons (Fsp3) is 0.238. The first-order valence-corrected chi connectivity index (χ1v) is 10.3. The van der Waals surface area contributed by atoms with Gasteiger partial charge in [0.1, 0.15) is 5.75 Å². The number of hydrogen-bond donors (Lipinski definition) is 2. The van der Waals surface area contributed by atoms with Gasteiger partial charge in [0.15, 0.2) is 0 Å². The second-order valence-corrected chi connectivity index (χ2v) is 7.53. The number of hydrogen-bond acceptors (Lipinski definition) is 6. The standard InChI is InChI=1S/C21H21BrClN3O3/c1-2-29-20-9-19-16(8-17(20)22)21(14(11-25-19)5-6-28-12-27)26-18-7-15(23)4-3-13(18)10-24/h3-4,7-9,11-12H,2,5-6,10,24H2,1H3,(H,25,26). The Morgan fingerprint density at radius 2 is 2.10 bits per heavy atom. The number of carbonyl (C=O) groups is 1. The number of halogens is 2. The third-order valence-electron chi connectivity index (χ3n) is 4.41. The molecule has 0 saturated heterocycles. The molecule has 1 aromatic heterocycles. The lowest BCUT2D eigenvalue weighted by Crippen LogP contribution is -2.06. The lowest BCUT2D eigenvalue weighted by atomic mass is 10.1. The van der Waals surface area contributed by atoms with Crippen LogP contribution in [0.25, 0.3) is 10.9 Å². The average Bonchev–Trinajstić information content (AvgIpc) is 2.71. The maximum Gasteiger partial charge on any atom is 0.293 e. The summed E-state index contributed by atoms with van der Waals surface area (Å²) in [7, 11) is 0. The van der Waals surface area contributed by atoms with Crippen LogP contribution in [0.2, 0.25) is 5.02 Å². The van der Waals surface area contributed by atoms with Crippen molar-refractivity contribution in [2.75, 3.05) is 18.5 Å². The Hall–Kier alpha value is -2.35. The molecule has 0 radical (unpaired) electrons. The summed E-state index contributed by atoms with van der Waals surface area (Å²) >= 11 is 9.78. The molecular formula is C21H21BrClN3O3. The molecule has 3 aromatic rings. The Morgan fingerprint density at radius 3 is 2.83 bits per heavy atom. The zero-order valence-corrected chi connectivity index (χ0v) is 18.2. The molecule has 0 bridgehead atoms. The molecule has 0 spiro atoms. The van der Waals surface area contributed by atoms with Gasteiger partial charge in [0.05, 0.1) is 28.9 Å². The first-order chi connectivity index (χ1) is 14.1. The SMILES string of the molecule is CCOc1cc2ncc(CCOC=O)c(Nc3cc(Cl)ccc3CN)c2cc1Br. The van der Waals surface area contributed by atoms with Gasteiger partial charge in [0, 0.05) is 41.3 Å². The van der Waals surface area contributed by atoms with Crippen LogP contribution in [0.1, 0.15) is 18.1 Å². The fourth-order valence-electron chi connectivity index (χ4n) is 3.03. The maximum absolute atomic E-state index is 10.5. The third kappa shape index (κ3) is 4.98. The number of carbonyl (C=O) groups excluding carboxylic acids is 1. The molecule has 6 nitrogen and oxygen atoms in total. The summed E-state index contributed by atoms with van der Waals surface area (Å²) in [6, 6.07) is 9.40. The van der Waals surface area contributed by atoms with E-state index in [0.717, 1.165) is 43.6 Å². The van der Waals surface area contributed by atoms with Gasteiger partial charge in [-0.05, 0) is 52.2 Å². The zero-order valence-electron chi connectivity index (χ0n) is 15.9. The number of rotatable bonds is 9. The minimum absolute atomic E-state index is 0.253. The first-order valence-electron chi connectivity index (χ1n) is 9.12. The molecule has 3 N–H and O–H groups in total. The quantitative estimate of drug-likeness (QED) is 0.334. The van der Waals surface area contributed by atoms with E-state index in [9.17, 15) is 4.79 Å². The summed E-state index contributed by atoms with van der Waals surface area (Å²) in [6.45, 7) is 3.54. The molecule has 1 heterocycles. The topological polar surface area (TPSA) is 86.5 Å². The number of nitrogens with zero attached hydrogens (tertiary/aromatic N) is 1. The molecule has 3 rings (SSSR count). The monoisotopic (exact) mass is 477 g/mol. The molecule has 29 heavy (non-hydrogen) atoms. The van der Waals surface area contributed by atoms with Crippen LogP contribution in [0.3, 0.4) is 0 Å². The van der Waals surface area contributed by atoms with Crippen molar-refractivity contribution >= 4 is 56.3 Å². The minimum Gasteiger partial charge on any atom is -0.493 e. The van der Waals surface area contributed by atoms with Gasteiger partial charge in [0.25, 0.3) is 6.47 Å². The van der Waals surface area contributed by atoms with Crippen LogP contribution < -0.4 is 15.8 Å². The molecule has 0 unspecified atom stereocenters. The van der Waals surface area contributed by atoms with Crippen molar-refractivity contribution in [3.05, 3.63) is 57.2 Å². The van der Waals surface area contributed by atoms with Crippen molar-refractivity contribution < 1.29 is 14.3 Å². The van der Waals surface area contributed by atoms with Gasteiger partial charge in [-0.3, -0.25) is 9.78 Å². The van der Waals surface area contributed by atoms with E-state index < -0.39 is 0 Å². The van der Waals surface area contributed by atoms with Crippen LogP contribution in [0.4, 0.5) is 11.4 Å². The molecular weight excluding hydrogens is 458 g/mol. The predicted molar refractivity (Wildman–Crippen MR) is 119 cm³/mol. The van der Waals surface area contributed by atoms with Gasteiger partial charge in [-0.2, -0.15) is 0 Å². The van der Waals surface area contributed by atoms with Gasteiger partial charge in [-0.25, -0.2) is 0 Å². The lowest BCUT2D eigenvalue weighted by molar-refractivity contribution is -0.128. The number of pyridine rings is 1. The van der Waals surface area contributed by atoms with E-state index in [-0.39, 0.29) is 6.61 Å². The average molecular weight is 479 g/mol. The Labute approximate surface area is 182 Å². The Morgan fingerprint density at radius 1 is 1.28 bits per heavy atom. The molecule has 0 fully saturated rings. The van der Waals surface area contributed by atoms with Crippen LogP contribution in [0, 0.1) is 0 Å². The van der Waals surface area contributed by atoms with Gasteiger partial charge in [-0.1, -0.05) is 17.7 Å². The van der Waals surface area contributed by atoms with Crippen molar-refractivity contribution in [2.24, 2.45) is 5.73 Å². The van der Waals surface area contributed by atoms with E-state index in [2.05, 4.69) is 26.2 Å². The molecule has 0 aliphatic carbocycles. The van der Waals surface area contributed by atoms with Gasteiger partial charge in [0.2, 0.25) is 0 Å². The highest BCUT2D eigenvalue weighted by molar-refractivity contribution is 9.10. The number of nitrogens with two attached hydrogens (primary N) is 1. The number of anilines is 2. The van der Waals surface area contributed by atoms with Crippen LogP contribution in [-0.2, 0) is 22.5 Å². The van der Waals surface area contributed by atoms with Crippen LogP contribution in [0.5, 0.6) is 5.75 Å². The highest BCUT2D eigenvalue weighted by atomic mass is 79.9. The van der Waals surface area contributed by atoms with Crippen molar-refractivity contribution in [1.29, 1.82) is 0 Å². The Bertz CT molecular complexity index is 1030. The van der Waals surface area contributed by atoms with Crippen molar-refractivity contribution in [3.8, 4) is 5.75 Å². The smallest absolute Gasteiger partial charge is 0.293 e. The number of nitrogens with one attached hydrogen (secondary N) is 1. The molecule has 2 aromatic carbocycles. The molecule has 0 saturated carbocycles. The van der Waals surface area contributed by atoms with Gasteiger partial charge < -0.3 is 20.5 Å². The normalized spacial score (nSPS) is 10.8. The van der Waals surface area contributed by atoms with Crippen LogP contribution >= 0.6 is 27.5 Å². The Kier molecular flexibility index (Phi) is 7.30. The van der Waals surface area contributed by atoms with E-state index >= 15 is 0 Å². The van der Waals surface area contributed by atoms with E-state index in [0.29, 0.717) is 31.1 Å². The predicted octanol–water partition coefficient (Wildman–Crippen LogP) is 4.97. The summed E-state index contributed by atoms with van der Waals surface area (Å²) in [5.41, 5.74) is 10.2. The second kappa shape index (κ2) is 9.91. The van der Waals surface area contributed by atoms with E-state index in [4.69, 9.17) is 26.8 Å². The number of ether oxygens (including phenoxy) is 2. The summed E-state index contributed by atoms with van der Waals surface area (Å²) < 4.78 is 11.4. The van der Waals surface area contributed by atoms with E-state index in [1.54, 1.807) is 6.20 Å². The molecule has 0 atom stereocenters. The summed E-state index contributed by atoms with van der Waals surface area (Å²) in [5.74, 6) is 0.723. The maximum atomic E-state index is 10.5. The Balaban J connectivity index is 2.14. The number of fused-ring (bicyclic) bond motifs is 1. The van der Waals surface area contributed by atoms with Crippen molar-refractivity contribution in [2.45, 2.75) is 19.9 Å². The van der Waals surface area contributed by atoms with Crippen molar-refractivity contribution in [1.82, 2.24) is 4.98 Å². The molecule has 0 amide bonds. The number of aromatic nitrogens is 1. The molecule has 152 valence electrons. The third-order valence-corrected chi connectivity index (χ3v) is 5.26. The fourth-order valence-corrected chi connectivity index (χ4v) is 3.66.